The molecule has 1 fully saturated rings. The van der Waals surface area contributed by atoms with E-state index in [1.165, 1.54) is 0 Å². The van der Waals surface area contributed by atoms with Crippen LogP contribution in [-0.2, 0) is 4.79 Å². The van der Waals surface area contributed by atoms with Gasteiger partial charge < -0.3 is 10.4 Å². The lowest BCUT2D eigenvalue weighted by atomic mass is 9.95. The van der Waals surface area contributed by atoms with Crippen molar-refractivity contribution in [3.63, 3.8) is 0 Å². The summed E-state index contributed by atoms with van der Waals surface area (Å²) in [4.78, 5) is 10.3. The van der Waals surface area contributed by atoms with Crippen LogP contribution in [0.25, 0.3) is 0 Å². The van der Waals surface area contributed by atoms with Crippen molar-refractivity contribution in [2.75, 3.05) is 13.1 Å². The molecule has 1 rings (SSSR count). The predicted molar refractivity (Wildman–Crippen MR) is 37.8 cm³/mol. The fraction of sp³-hybridized carbons (Fsp3) is 0.857. The highest BCUT2D eigenvalue weighted by Crippen LogP contribution is 2.18. The van der Waals surface area contributed by atoms with E-state index in [1.807, 2.05) is 0 Å². The summed E-state index contributed by atoms with van der Waals surface area (Å²) in [6.07, 6.45) is 0.314. The SMILES string of the molecule is CC1CNCC1CC(=O)O. The Hall–Kier alpha value is -0.570. The zero-order chi connectivity index (χ0) is 7.56. The topological polar surface area (TPSA) is 49.3 Å². The molecule has 0 aromatic rings. The zero-order valence-corrected chi connectivity index (χ0v) is 6.13. The molecule has 0 aromatic carbocycles. The molecule has 0 aliphatic carbocycles. The molecule has 0 spiro atoms. The molecular formula is C7H13NO2. The van der Waals surface area contributed by atoms with Crippen LogP contribution in [0, 0.1) is 11.8 Å². The van der Waals surface area contributed by atoms with E-state index in [0.29, 0.717) is 18.3 Å². The van der Waals surface area contributed by atoms with Crippen molar-refractivity contribution in [3.8, 4) is 0 Å². The first-order valence-electron chi connectivity index (χ1n) is 3.62. The highest BCUT2D eigenvalue weighted by molar-refractivity contribution is 5.67. The van der Waals surface area contributed by atoms with Crippen molar-refractivity contribution < 1.29 is 9.90 Å². The molecule has 1 aliphatic rings. The van der Waals surface area contributed by atoms with Crippen molar-refractivity contribution in [2.45, 2.75) is 13.3 Å². The van der Waals surface area contributed by atoms with Crippen molar-refractivity contribution in [1.82, 2.24) is 5.32 Å². The number of nitrogens with one attached hydrogen (secondary N) is 1. The maximum absolute atomic E-state index is 10.3. The van der Waals surface area contributed by atoms with E-state index in [-0.39, 0.29) is 0 Å². The minimum absolute atomic E-state index is 0.314. The molecule has 2 unspecified atom stereocenters. The molecule has 0 saturated carbocycles. The lowest BCUT2D eigenvalue weighted by Gasteiger charge is -2.09. The smallest absolute Gasteiger partial charge is 0.303 e. The minimum atomic E-state index is -0.680. The zero-order valence-electron chi connectivity index (χ0n) is 6.13. The quantitative estimate of drug-likeness (QED) is 0.585. The summed E-state index contributed by atoms with van der Waals surface area (Å²) < 4.78 is 0. The van der Waals surface area contributed by atoms with Crippen LogP contribution >= 0.6 is 0 Å². The number of rotatable bonds is 2. The van der Waals surface area contributed by atoms with E-state index < -0.39 is 5.97 Å². The fourth-order valence-corrected chi connectivity index (χ4v) is 1.36. The van der Waals surface area contributed by atoms with Crippen LogP contribution in [-0.4, -0.2) is 24.2 Å². The van der Waals surface area contributed by atoms with Crippen LogP contribution in [0.15, 0.2) is 0 Å². The number of carboxylic acids is 1. The Balaban J connectivity index is 2.33. The van der Waals surface area contributed by atoms with E-state index in [1.54, 1.807) is 0 Å². The van der Waals surface area contributed by atoms with Gasteiger partial charge in [-0.15, -0.1) is 0 Å². The van der Waals surface area contributed by atoms with Gasteiger partial charge in [-0.2, -0.15) is 0 Å². The van der Waals surface area contributed by atoms with Gasteiger partial charge in [-0.3, -0.25) is 4.79 Å². The average Bonchev–Trinajstić information content (AvgIpc) is 2.15. The summed E-state index contributed by atoms with van der Waals surface area (Å²) in [6.45, 7) is 3.93. The van der Waals surface area contributed by atoms with Crippen LogP contribution in [0.1, 0.15) is 13.3 Å². The molecule has 1 saturated heterocycles. The van der Waals surface area contributed by atoms with E-state index in [9.17, 15) is 4.79 Å². The number of hydrogen-bond donors (Lipinski definition) is 2. The molecule has 2 atom stereocenters. The second-order valence-electron chi connectivity index (χ2n) is 2.99. The minimum Gasteiger partial charge on any atom is -0.481 e. The van der Waals surface area contributed by atoms with Crippen LogP contribution in [0.3, 0.4) is 0 Å². The van der Waals surface area contributed by atoms with E-state index in [2.05, 4.69) is 12.2 Å². The van der Waals surface area contributed by atoms with Gasteiger partial charge in [-0.1, -0.05) is 6.92 Å². The summed E-state index contributed by atoms with van der Waals surface area (Å²) in [6, 6.07) is 0. The third-order valence-corrected chi connectivity index (χ3v) is 2.11. The van der Waals surface area contributed by atoms with Crippen LogP contribution in [0.5, 0.6) is 0 Å². The van der Waals surface area contributed by atoms with Gasteiger partial charge in [0.05, 0.1) is 0 Å². The molecule has 3 heteroatoms. The molecule has 0 aromatic heterocycles. The molecule has 0 radical (unpaired) electrons. The molecular weight excluding hydrogens is 130 g/mol. The Morgan fingerprint density at radius 2 is 2.40 bits per heavy atom. The standard InChI is InChI=1S/C7H13NO2/c1-5-3-8-4-6(5)2-7(9)10/h5-6,8H,2-4H2,1H3,(H,9,10). The second-order valence-corrected chi connectivity index (χ2v) is 2.99. The van der Waals surface area contributed by atoms with Crippen LogP contribution in [0.2, 0.25) is 0 Å². The average molecular weight is 143 g/mol. The van der Waals surface area contributed by atoms with Gasteiger partial charge in [0.15, 0.2) is 0 Å². The lowest BCUT2D eigenvalue weighted by Crippen LogP contribution is -2.14. The van der Waals surface area contributed by atoms with Gasteiger partial charge in [0.2, 0.25) is 0 Å². The Morgan fingerprint density at radius 1 is 1.70 bits per heavy atom. The van der Waals surface area contributed by atoms with Crippen molar-refractivity contribution >= 4 is 5.97 Å². The Bertz CT molecular complexity index is 136. The first kappa shape index (κ1) is 7.54. The number of carboxylic acid groups (broad SMARTS) is 1. The molecule has 3 nitrogen and oxygen atoms in total. The van der Waals surface area contributed by atoms with Crippen molar-refractivity contribution in [2.24, 2.45) is 11.8 Å². The Kier molecular flexibility index (Phi) is 2.27. The Labute approximate surface area is 60.4 Å². The molecule has 0 amide bonds. The number of carbonyl (C=O) groups is 1. The lowest BCUT2D eigenvalue weighted by molar-refractivity contribution is -0.138. The highest BCUT2D eigenvalue weighted by Gasteiger charge is 2.24. The second kappa shape index (κ2) is 3.01. The molecule has 1 heterocycles. The predicted octanol–water partition coefficient (Wildman–Crippen LogP) is 0.317. The normalized spacial score (nSPS) is 32.5. The fourth-order valence-electron chi connectivity index (χ4n) is 1.36. The summed E-state index contributed by atoms with van der Waals surface area (Å²) in [5.41, 5.74) is 0. The van der Waals surface area contributed by atoms with Crippen LogP contribution in [0.4, 0.5) is 0 Å². The van der Waals surface area contributed by atoms with Gasteiger partial charge in [0.1, 0.15) is 0 Å². The van der Waals surface area contributed by atoms with Crippen molar-refractivity contribution in [3.05, 3.63) is 0 Å². The van der Waals surface area contributed by atoms with E-state index >= 15 is 0 Å². The largest absolute Gasteiger partial charge is 0.481 e. The molecule has 2 N–H and O–H groups in total. The number of hydrogen-bond acceptors (Lipinski definition) is 2. The maximum Gasteiger partial charge on any atom is 0.303 e. The van der Waals surface area contributed by atoms with E-state index in [4.69, 9.17) is 5.11 Å². The van der Waals surface area contributed by atoms with Crippen molar-refractivity contribution in [1.29, 1.82) is 0 Å². The first-order valence-corrected chi connectivity index (χ1v) is 3.62. The van der Waals surface area contributed by atoms with Gasteiger partial charge in [-0.05, 0) is 24.9 Å². The number of aliphatic carboxylic acids is 1. The van der Waals surface area contributed by atoms with Gasteiger partial charge in [-0.25, -0.2) is 0 Å². The third-order valence-electron chi connectivity index (χ3n) is 2.11. The summed E-state index contributed by atoms with van der Waals surface area (Å²) in [7, 11) is 0. The third kappa shape index (κ3) is 1.70. The molecule has 58 valence electrons. The summed E-state index contributed by atoms with van der Waals surface area (Å²) in [5.74, 6) is 0.189. The molecule has 1 aliphatic heterocycles. The van der Waals surface area contributed by atoms with Gasteiger partial charge >= 0.3 is 5.97 Å². The van der Waals surface area contributed by atoms with Gasteiger partial charge in [0, 0.05) is 6.42 Å². The first-order chi connectivity index (χ1) is 4.70. The van der Waals surface area contributed by atoms with Crippen LogP contribution < -0.4 is 5.32 Å². The molecule has 10 heavy (non-hydrogen) atoms. The molecule has 0 bridgehead atoms. The van der Waals surface area contributed by atoms with Gasteiger partial charge in [0.25, 0.3) is 0 Å². The monoisotopic (exact) mass is 143 g/mol. The maximum atomic E-state index is 10.3. The van der Waals surface area contributed by atoms with E-state index in [0.717, 1.165) is 13.1 Å². The highest BCUT2D eigenvalue weighted by atomic mass is 16.4. The summed E-state index contributed by atoms with van der Waals surface area (Å²) >= 11 is 0. The Morgan fingerprint density at radius 3 is 2.80 bits per heavy atom. The summed E-state index contributed by atoms with van der Waals surface area (Å²) in [5, 5.41) is 11.6.